The normalized spacial score (nSPS) is 25.0. The Morgan fingerprint density at radius 1 is 1.05 bits per heavy atom. The summed E-state index contributed by atoms with van der Waals surface area (Å²) in [5, 5.41) is 1.23. The van der Waals surface area contributed by atoms with Crippen LogP contribution in [-0.4, -0.2) is 60.5 Å². The molecule has 1 aromatic heterocycles. The number of sulfonamides is 1. The minimum atomic E-state index is -3.36. The first-order valence-corrected chi connectivity index (χ1v) is 16.7. The molecule has 2 fully saturated rings. The van der Waals surface area contributed by atoms with Crippen LogP contribution in [0.5, 0.6) is 5.88 Å². The Hall–Kier alpha value is -2.65. The van der Waals surface area contributed by atoms with Gasteiger partial charge in [0.15, 0.2) is 0 Å². The second-order valence-electron chi connectivity index (χ2n) is 11.6. The molecule has 2 aliphatic rings. The van der Waals surface area contributed by atoms with Gasteiger partial charge in [0.05, 0.1) is 24.3 Å². The number of amides is 1. The quantitative estimate of drug-likeness (QED) is 0.269. The maximum absolute atomic E-state index is 14.9. The number of benzene rings is 2. The van der Waals surface area contributed by atoms with Crippen molar-refractivity contribution in [3.63, 3.8) is 0 Å². The molecule has 4 atom stereocenters. The number of hydrogen-bond acceptors (Lipinski definition) is 5. The Morgan fingerprint density at radius 3 is 2.43 bits per heavy atom. The number of methoxy groups -OCH3 is 1. The van der Waals surface area contributed by atoms with Crippen LogP contribution in [0.25, 0.3) is 0 Å². The van der Waals surface area contributed by atoms with Crippen LogP contribution in [0.3, 0.4) is 0 Å². The molecule has 42 heavy (non-hydrogen) atoms. The second kappa shape index (κ2) is 12.5. The van der Waals surface area contributed by atoms with E-state index < -0.39 is 15.4 Å². The van der Waals surface area contributed by atoms with Crippen molar-refractivity contribution in [1.29, 1.82) is 0 Å². The lowest BCUT2D eigenvalue weighted by Gasteiger charge is -2.52. The van der Waals surface area contributed by atoms with Gasteiger partial charge in [0.25, 0.3) is 0 Å². The number of carbonyl (C=O) groups excluding carboxylic acids is 1. The van der Waals surface area contributed by atoms with Crippen molar-refractivity contribution in [3.05, 3.63) is 93.6 Å². The Labute approximate surface area is 258 Å². The maximum Gasteiger partial charge on any atom is 0.229 e. The molecule has 2 saturated heterocycles. The number of hydrogen-bond donors (Lipinski definition) is 0. The third kappa shape index (κ3) is 6.32. The molecule has 0 N–H and O–H groups in total. The number of aromatic nitrogens is 1. The summed E-state index contributed by atoms with van der Waals surface area (Å²) in [7, 11) is -1.78. The molecule has 1 unspecified atom stereocenters. The highest BCUT2D eigenvalue weighted by Crippen LogP contribution is 2.52. The van der Waals surface area contributed by atoms with E-state index in [-0.39, 0.29) is 36.2 Å². The van der Waals surface area contributed by atoms with Crippen LogP contribution in [-0.2, 0) is 21.2 Å². The predicted molar refractivity (Wildman–Crippen MR) is 167 cm³/mol. The van der Waals surface area contributed by atoms with E-state index in [9.17, 15) is 13.2 Å². The largest absolute Gasteiger partial charge is 0.481 e. The minimum Gasteiger partial charge on any atom is -0.481 e. The molecule has 5 rings (SSSR count). The molecule has 0 spiro atoms. The van der Waals surface area contributed by atoms with Crippen molar-refractivity contribution in [1.82, 2.24) is 14.2 Å². The van der Waals surface area contributed by atoms with Gasteiger partial charge >= 0.3 is 0 Å². The summed E-state index contributed by atoms with van der Waals surface area (Å²) in [6.07, 6.45) is 2.14. The van der Waals surface area contributed by atoms with E-state index in [2.05, 4.69) is 11.1 Å². The SMILES string of the molecule is CCC(CN1CCCS1(=O)=O)N1C(=O)[C@@](C)(Cc2cccc(OC)n2)C[C@H](c2cccc(Cl)c2)[C@H]1c1ccc(Cl)cc1. The Balaban J connectivity index is 1.65. The molecule has 1 amide bonds. The summed E-state index contributed by atoms with van der Waals surface area (Å²) in [6.45, 7) is 4.74. The number of halogens is 2. The van der Waals surface area contributed by atoms with Gasteiger partial charge in [-0.2, -0.15) is 4.31 Å². The van der Waals surface area contributed by atoms with Crippen LogP contribution in [0.2, 0.25) is 10.0 Å². The molecule has 2 aromatic carbocycles. The van der Waals surface area contributed by atoms with Crippen LogP contribution in [0.15, 0.2) is 66.7 Å². The lowest BCUT2D eigenvalue weighted by molar-refractivity contribution is -0.155. The summed E-state index contributed by atoms with van der Waals surface area (Å²) in [5.74, 6) is 0.492. The average Bonchev–Trinajstić information content (AvgIpc) is 3.31. The van der Waals surface area contributed by atoms with Gasteiger partial charge in [-0.15, -0.1) is 0 Å². The highest BCUT2D eigenvalue weighted by atomic mass is 35.5. The fourth-order valence-electron chi connectivity index (χ4n) is 6.56. The first-order valence-electron chi connectivity index (χ1n) is 14.4. The summed E-state index contributed by atoms with van der Waals surface area (Å²) in [4.78, 5) is 21.5. The molecular weight excluding hydrogens is 593 g/mol. The van der Waals surface area contributed by atoms with Gasteiger partial charge in [-0.3, -0.25) is 4.79 Å². The van der Waals surface area contributed by atoms with Crippen molar-refractivity contribution < 1.29 is 17.9 Å². The van der Waals surface area contributed by atoms with Gasteiger partial charge in [-0.05, 0) is 60.7 Å². The lowest BCUT2D eigenvalue weighted by atomic mass is 9.66. The Morgan fingerprint density at radius 2 is 1.79 bits per heavy atom. The number of piperidine rings is 1. The molecule has 224 valence electrons. The number of pyridine rings is 1. The molecule has 0 bridgehead atoms. The third-order valence-corrected chi connectivity index (χ3v) is 11.0. The van der Waals surface area contributed by atoms with Gasteiger partial charge in [0, 0.05) is 53.3 Å². The van der Waals surface area contributed by atoms with Gasteiger partial charge < -0.3 is 9.64 Å². The van der Waals surface area contributed by atoms with Crippen molar-refractivity contribution in [2.75, 3.05) is 26.0 Å². The molecule has 10 heteroatoms. The molecule has 3 aromatic rings. The molecule has 0 saturated carbocycles. The minimum absolute atomic E-state index is 0.0196. The van der Waals surface area contributed by atoms with Gasteiger partial charge in [-0.25, -0.2) is 13.4 Å². The zero-order valence-corrected chi connectivity index (χ0v) is 26.5. The summed E-state index contributed by atoms with van der Waals surface area (Å²) in [5.41, 5.74) is 1.90. The highest BCUT2D eigenvalue weighted by Gasteiger charge is 2.52. The lowest BCUT2D eigenvalue weighted by Crippen LogP contribution is -2.58. The first kappa shape index (κ1) is 30.8. The van der Waals surface area contributed by atoms with Crippen molar-refractivity contribution in [3.8, 4) is 5.88 Å². The summed E-state index contributed by atoms with van der Waals surface area (Å²) in [6, 6.07) is 20.3. The van der Waals surface area contributed by atoms with Gasteiger partial charge in [0.1, 0.15) is 0 Å². The summed E-state index contributed by atoms with van der Waals surface area (Å²) >= 11 is 12.8. The van der Waals surface area contributed by atoms with Gasteiger partial charge in [-0.1, -0.05) is 67.4 Å². The van der Waals surface area contributed by atoms with Gasteiger partial charge in [0.2, 0.25) is 21.8 Å². The highest BCUT2D eigenvalue weighted by molar-refractivity contribution is 7.89. The smallest absolute Gasteiger partial charge is 0.229 e. The molecule has 0 aliphatic carbocycles. The number of carbonyl (C=O) groups is 1. The van der Waals surface area contributed by atoms with E-state index in [4.69, 9.17) is 27.9 Å². The zero-order chi connectivity index (χ0) is 30.1. The van der Waals surface area contributed by atoms with Crippen LogP contribution in [0.4, 0.5) is 0 Å². The van der Waals surface area contributed by atoms with E-state index in [1.165, 1.54) is 0 Å². The van der Waals surface area contributed by atoms with E-state index in [0.29, 0.717) is 48.2 Å². The number of rotatable bonds is 9. The monoisotopic (exact) mass is 629 g/mol. The van der Waals surface area contributed by atoms with Crippen molar-refractivity contribution in [2.24, 2.45) is 5.41 Å². The number of nitrogens with zero attached hydrogens (tertiary/aromatic N) is 3. The predicted octanol–water partition coefficient (Wildman–Crippen LogP) is 6.52. The second-order valence-corrected chi connectivity index (χ2v) is 14.5. The molecule has 0 radical (unpaired) electrons. The van der Waals surface area contributed by atoms with Crippen LogP contribution < -0.4 is 4.74 Å². The fourth-order valence-corrected chi connectivity index (χ4v) is 8.45. The van der Waals surface area contributed by atoms with Crippen LogP contribution in [0.1, 0.15) is 61.9 Å². The Kier molecular flexibility index (Phi) is 9.19. The Bertz CT molecular complexity index is 1530. The zero-order valence-electron chi connectivity index (χ0n) is 24.2. The van der Waals surface area contributed by atoms with Crippen LogP contribution in [0, 0.1) is 5.41 Å². The molecule has 2 aliphatic heterocycles. The number of ether oxygens (including phenoxy) is 1. The third-order valence-electron chi connectivity index (χ3n) is 8.63. The van der Waals surface area contributed by atoms with E-state index in [0.717, 1.165) is 16.8 Å². The maximum atomic E-state index is 14.9. The fraction of sp³-hybridized carbons (Fsp3) is 0.438. The van der Waals surface area contributed by atoms with E-state index in [1.54, 1.807) is 17.5 Å². The summed E-state index contributed by atoms with van der Waals surface area (Å²) < 4.78 is 32.7. The van der Waals surface area contributed by atoms with E-state index in [1.807, 2.05) is 73.3 Å². The topological polar surface area (TPSA) is 79.8 Å². The van der Waals surface area contributed by atoms with Crippen molar-refractivity contribution in [2.45, 2.75) is 57.5 Å². The first-order chi connectivity index (χ1) is 20.0. The molecule has 7 nitrogen and oxygen atoms in total. The van der Waals surface area contributed by atoms with E-state index >= 15 is 0 Å². The molecule has 3 heterocycles. The number of likely N-dealkylation sites (tertiary alicyclic amines) is 1. The van der Waals surface area contributed by atoms with Crippen molar-refractivity contribution >= 4 is 39.1 Å². The molecular formula is C32H37Cl2N3O4S. The average molecular weight is 631 g/mol. The van der Waals surface area contributed by atoms with Crippen LogP contribution >= 0.6 is 23.2 Å². The standard InChI is InChI=1S/C32H37Cl2N3O4S/c1-4-27(21-36-16-7-17-42(36,39)40)37-30(22-12-14-24(33)15-13-22)28(23-8-5-9-25(34)18-23)20-32(2,31(37)38)19-26-10-6-11-29(35-26)41-3/h5-6,8-15,18,27-28,30H,4,7,16-17,19-21H2,1-3H3/t27?,28-,30-,32+/m1/s1.